The molecule has 0 unspecified atom stereocenters. The van der Waals surface area contributed by atoms with Gasteiger partial charge in [-0.05, 0) is 60.2 Å². The second-order valence-electron chi connectivity index (χ2n) is 7.28. The maximum atomic E-state index is 12.2. The van der Waals surface area contributed by atoms with Crippen LogP contribution in [-0.4, -0.2) is 47.6 Å². The SMILES string of the molecule is CCCS(=O)(=O)N1CC(Nc2cc(-c3ccnc(C)c3)cc3ccncc23)C1. The van der Waals surface area contributed by atoms with Crippen LogP contribution >= 0.6 is 0 Å². The number of anilines is 1. The van der Waals surface area contributed by atoms with E-state index in [1.54, 1.807) is 10.5 Å². The Morgan fingerprint density at radius 2 is 1.96 bits per heavy atom. The van der Waals surface area contributed by atoms with Crippen LogP contribution in [0, 0.1) is 6.92 Å². The summed E-state index contributed by atoms with van der Waals surface area (Å²) < 4.78 is 25.9. The Bertz CT molecular complexity index is 1110. The third kappa shape index (κ3) is 3.72. The van der Waals surface area contributed by atoms with Crippen LogP contribution in [0.25, 0.3) is 21.9 Å². The van der Waals surface area contributed by atoms with Crippen molar-refractivity contribution in [3.8, 4) is 11.1 Å². The van der Waals surface area contributed by atoms with Gasteiger partial charge in [0.25, 0.3) is 0 Å². The highest BCUT2D eigenvalue weighted by atomic mass is 32.2. The zero-order chi connectivity index (χ0) is 19.7. The summed E-state index contributed by atoms with van der Waals surface area (Å²) in [4.78, 5) is 8.54. The molecule has 1 aromatic carbocycles. The molecule has 3 aromatic rings. The molecular formula is C21H24N4O2S. The largest absolute Gasteiger partial charge is 0.379 e. The Morgan fingerprint density at radius 1 is 1.14 bits per heavy atom. The predicted molar refractivity (Wildman–Crippen MR) is 113 cm³/mol. The third-order valence-electron chi connectivity index (χ3n) is 5.05. The Morgan fingerprint density at radius 3 is 2.71 bits per heavy atom. The van der Waals surface area contributed by atoms with Crippen molar-refractivity contribution in [2.24, 2.45) is 0 Å². The van der Waals surface area contributed by atoms with Gasteiger partial charge in [0.1, 0.15) is 0 Å². The van der Waals surface area contributed by atoms with Gasteiger partial charge in [-0.2, -0.15) is 4.31 Å². The minimum atomic E-state index is -3.12. The van der Waals surface area contributed by atoms with E-state index in [0.717, 1.165) is 33.3 Å². The fraction of sp³-hybridized carbons (Fsp3) is 0.333. The molecule has 6 nitrogen and oxygen atoms in total. The highest BCUT2D eigenvalue weighted by Gasteiger charge is 2.35. The monoisotopic (exact) mass is 396 g/mol. The summed E-state index contributed by atoms with van der Waals surface area (Å²) in [6, 6.07) is 10.4. The van der Waals surface area contributed by atoms with Gasteiger partial charge in [-0.25, -0.2) is 8.42 Å². The van der Waals surface area contributed by atoms with Crippen molar-refractivity contribution < 1.29 is 8.42 Å². The first-order chi connectivity index (χ1) is 13.5. The Labute approximate surface area is 165 Å². The van der Waals surface area contributed by atoms with Gasteiger partial charge < -0.3 is 5.32 Å². The zero-order valence-corrected chi connectivity index (χ0v) is 16.9. The minimum absolute atomic E-state index is 0.101. The van der Waals surface area contributed by atoms with E-state index in [1.807, 2.05) is 38.4 Å². The van der Waals surface area contributed by atoms with Crippen molar-refractivity contribution in [3.05, 3.63) is 54.6 Å². The maximum Gasteiger partial charge on any atom is 0.214 e. The molecular weight excluding hydrogens is 372 g/mol. The topological polar surface area (TPSA) is 75.2 Å². The van der Waals surface area contributed by atoms with E-state index in [0.29, 0.717) is 19.5 Å². The zero-order valence-electron chi connectivity index (χ0n) is 16.1. The van der Waals surface area contributed by atoms with Gasteiger partial charge in [-0.3, -0.25) is 9.97 Å². The van der Waals surface area contributed by atoms with Crippen molar-refractivity contribution in [1.82, 2.24) is 14.3 Å². The number of pyridine rings is 2. The fourth-order valence-electron chi connectivity index (χ4n) is 3.57. The average molecular weight is 397 g/mol. The number of sulfonamides is 1. The van der Waals surface area contributed by atoms with Crippen LogP contribution in [0.3, 0.4) is 0 Å². The molecule has 2 aromatic heterocycles. The van der Waals surface area contributed by atoms with Crippen LogP contribution in [0.1, 0.15) is 19.0 Å². The Kier molecular flexibility index (Phi) is 5.03. The molecule has 0 saturated carbocycles. The van der Waals surface area contributed by atoms with Crippen LogP contribution in [0.5, 0.6) is 0 Å². The number of aromatic nitrogens is 2. The van der Waals surface area contributed by atoms with Crippen molar-refractivity contribution >= 4 is 26.5 Å². The number of aryl methyl sites for hydroxylation is 1. The second-order valence-corrected chi connectivity index (χ2v) is 9.37. The van der Waals surface area contributed by atoms with Crippen LogP contribution in [0.2, 0.25) is 0 Å². The molecule has 1 aliphatic rings. The van der Waals surface area contributed by atoms with Gasteiger partial charge in [-0.15, -0.1) is 0 Å². The molecule has 7 heteroatoms. The number of hydrogen-bond acceptors (Lipinski definition) is 5. The lowest BCUT2D eigenvalue weighted by molar-refractivity contribution is 0.281. The predicted octanol–water partition coefficient (Wildman–Crippen LogP) is 3.44. The summed E-state index contributed by atoms with van der Waals surface area (Å²) in [5.41, 5.74) is 4.15. The van der Waals surface area contributed by atoms with Crippen molar-refractivity contribution in [3.63, 3.8) is 0 Å². The van der Waals surface area contributed by atoms with E-state index in [-0.39, 0.29) is 11.8 Å². The first kappa shape index (κ1) is 18.8. The highest BCUT2D eigenvalue weighted by Crippen LogP contribution is 2.32. The second kappa shape index (κ2) is 7.48. The molecule has 0 radical (unpaired) electrons. The molecule has 0 bridgehead atoms. The van der Waals surface area contributed by atoms with Crippen LogP contribution < -0.4 is 5.32 Å². The number of nitrogens with zero attached hydrogens (tertiary/aromatic N) is 3. The van der Waals surface area contributed by atoms with Crippen LogP contribution in [0.4, 0.5) is 5.69 Å². The van der Waals surface area contributed by atoms with E-state index in [1.165, 1.54) is 0 Å². The summed E-state index contributed by atoms with van der Waals surface area (Å²) in [7, 11) is -3.12. The molecule has 3 heterocycles. The van der Waals surface area contributed by atoms with Gasteiger partial charge in [0.2, 0.25) is 10.0 Å². The Balaban J connectivity index is 1.62. The first-order valence-electron chi connectivity index (χ1n) is 9.51. The number of benzene rings is 1. The first-order valence-corrected chi connectivity index (χ1v) is 11.1. The number of hydrogen-bond donors (Lipinski definition) is 1. The third-order valence-corrected chi connectivity index (χ3v) is 7.06. The van der Waals surface area contributed by atoms with Crippen molar-refractivity contribution in [2.75, 3.05) is 24.2 Å². The molecule has 0 amide bonds. The van der Waals surface area contributed by atoms with Gasteiger partial charge in [-0.1, -0.05) is 6.92 Å². The smallest absolute Gasteiger partial charge is 0.214 e. The molecule has 0 aliphatic carbocycles. The maximum absolute atomic E-state index is 12.2. The average Bonchev–Trinajstić information content (AvgIpc) is 2.63. The normalized spacial score (nSPS) is 15.5. The lowest BCUT2D eigenvalue weighted by atomic mass is 10.00. The molecule has 146 valence electrons. The molecule has 1 N–H and O–H groups in total. The number of nitrogens with one attached hydrogen (secondary N) is 1. The van der Waals surface area contributed by atoms with E-state index in [2.05, 4.69) is 33.5 Å². The number of rotatable bonds is 6. The van der Waals surface area contributed by atoms with E-state index in [9.17, 15) is 8.42 Å². The fourth-order valence-corrected chi connectivity index (χ4v) is 5.16. The molecule has 1 saturated heterocycles. The quantitative estimate of drug-likeness (QED) is 0.691. The van der Waals surface area contributed by atoms with Crippen LogP contribution in [-0.2, 0) is 10.0 Å². The lowest BCUT2D eigenvalue weighted by Crippen LogP contribution is -2.57. The summed E-state index contributed by atoms with van der Waals surface area (Å²) in [6.45, 7) is 4.87. The van der Waals surface area contributed by atoms with Crippen LogP contribution in [0.15, 0.2) is 48.9 Å². The standard InChI is InChI=1S/C21H24N4O2S/c1-3-8-28(26,27)25-13-19(14-25)24-21-11-18(16-5-7-23-15(2)9-16)10-17-4-6-22-12-20(17)21/h4-7,9-12,19,24H,3,8,13-14H2,1-2H3. The van der Waals surface area contributed by atoms with E-state index < -0.39 is 10.0 Å². The van der Waals surface area contributed by atoms with Gasteiger partial charge in [0.05, 0.1) is 11.8 Å². The summed E-state index contributed by atoms with van der Waals surface area (Å²) >= 11 is 0. The molecule has 4 rings (SSSR count). The summed E-state index contributed by atoms with van der Waals surface area (Å²) in [6.07, 6.45) is 6.09. The molecule has 0 atom stereocenters. The van der Waals surface area contributed by atoms with Gasteiger partial charge in [0.15, 0.2) is 0 Å². The summed E-state index contributed by atoms with van der Waals surface area (Å²) in [5.74, 6) is 0.212. The van der Waals surface area contributed by atoms with Gasteiger partial charge in [0, 0.05) is 48.4 Å². The lowest BCUT2D eigenvalue weighted by Gasteiger charge is -2.39. The molecule has 1 fully saturated rings. The number of fused-ring (bicyclic) bond motifs is 1. The Hall–Kier alpha value is -2.51. The molecule has 0 spiro atoms. The van der Waals surface area contributed by atoms with Crippen molar-refractivity contribution in [2.45, 2.75) is 26.3 Å². The molecule has 28 heavy (non-hydrogen) atoms. The highest BCUT2D eigenvalue weighted by molar-refractivity contribution is 7.89. The van der Waals surface area contributed by atoms with Gasteiger partial charge >= 0.3 is 0 Å². The summed E-state index contributed by atoms with van der Waals surface area (Å²) in [5, 5.41) is 5.66. The minimum Gasteiger partial charge on any atom is -0.379 e. The molecule has 1 aliphatic heterocycles. The van der Waals surface area contributed by atoms with Crippen molar-refractivity contribution in [1.29, 1.82) is 0 Å². The van der Waals surface area contributed by atoms with E-state index >= 15 is 0 Å². The van der Waals surface area contributed by atoms with E-state index in [4.69, 9.17) is 0 Å².